The number of rotatable bonds is 40. The van der Waals surface area contributed by atoms with Crippen molar-refractivity contribution in [1.82, 2.24) is 5.32 Å². The third kappa shape index (κ3) is 37.9. The molecule has 0 aliphatic rings. The van der Waals surface area contributed by atoms with Crippen molar-refractivity contribution in [2.24, 2.45) is 0 Å². The van der Waals surface area contributed by atoms with E-state index in [9.17, 15) is 15.0 Å². The summed E-state index contributed by atoms with van der Waals surface area (Å²) < 4.78 is 0. The number of amides is 1. The fourth-order valence-electron chi connectivity index (χ4n) is 6.66. The Bertz CT molecular complexity index is 760. The van der Waals surface area contributed by atoms with Gasteiger partial charge in [0.1, 0.15) is 0 Å². The summed E-state index contributed by atoms with van der Waals surface area (Å²) in [7, 11) is 0. The van der Waals surface area contributed by atoms with E-state index in [2.05, 4.69) is 43.5 Å². The van der Waals surface area contributed by atoms with Crippen molar-refractivity contribution in [1.29, 1.82) is 0 Å². The minimum absolute atomic E-state index is 0.0838. The smallest absolute Gasteiger partial charge is 0.220 e. The van der Waals surface area contributed by atoms with Crippen molar-refractivity contribution in [3.05, 3.63) is 36.5 Å². The standard InChI is InChI=1S/C46H87NO3/c1-3-5-7-9-11-13-15-17-18-19-20-21-22-23-24-25-26-27-28-29-30-31-33-35-37-39-41-45(49)44(43-48)47-46(50)42-40-38-36-34-32-16-14-12-10-8-6-4-2/h12,14,31,33,39,41,44-45,48-49H,3-11,13,15-30,32,34-38,40,42-43H2,1-2H3,(H,47,50)/b14-12-,33-31+,41-39+. The van der Waals surface area contributed by atoms with E-state index in [0.717, 1.165) is 44.9 Å². The summed E-state index contributed by atoms with van der Waals surface area (Å²) in [5.74, 6) is -0.0838. The summed E-state index contributed by atoms with van der Waals surface area (Å²) in [4.78, 5) is 12.3. The maximum atomic E-state index is 12.3. The number of aliphatic hydroxyl groups excluding tert-OH is 2. The number of unbranched alkanes of at least 4 members (excludes halogenated alkanes) is 29. The molecule has 3 N–H and O–H groups in total. The zero-order valence-electron chi connectivity index (χ0n) is 33.7. The monoisotopic (exact) mass is 702 g/mol. The van der Waals surface area contributed by atoms with Crippen LogP contribution in [0.1, 0.15) is 232 Å². The number of carbonyl (C=O) groups is 1. The summed E-state index contributed by atoms with van der Waals surface area (Å²) in [5.41, 5.74) is 0. The lowest BCUT2D eigenvalue weighted by molar-refractivity contribution is -0.123. The third-order valence-electron chi connectivity index (χ3n) is 10.1. The minimum atomic E-state index is -0.864. The van der Waals surface area contributed by atoms with Gasteiger partial charge in [-0.1, -0.05) is 204 Å². The molecule has 0 fully saturated rings. The highest BCUT2D eigenvalue weighted by molar-refractivity contribution is 5.76. The van der Waals surface area contributed by atoms with Gasteiger partial charge >= 0.3 is 0 Å². The van der Waals surface area contributed by atoms with E-state index in [1.807, 2.05) is 6.08 Å². The molecule has 294 valence electrons. The lowest BCUT2D eigenvalue weighted by atomic mass is 10.0. The molecule has 2 unspecified atom stereocenters. The van der Waals surface area contributed by atoms with Gasteiger partial charge in [-0.05, 0) is 57.8 Å². The minimum Gasteiger partial charge on any atom is -0.394 e. The summed E-state index contributed by atoms with van der Waals surface area (Å²) in [6.45, 7) is 4.27. The SMILES string of the molecule is CCCCC/C=C\CCCCCCCC(=O)NC(CO)C(O)/C=C/CC/C=C/CCCCCCCCCCCCCCCCCCCCCC. The first-order valence-corrected chi connectivity index (χ1v) is 22.2. The van der Waals surface area contributed by atoms with Crippen LogP contribution in [0.4, 0.5) is 0 Å². The van der Waals surface area contributed by atoms with Crippen LogP contribution in [0.2, 0.25) is 0 Å². The van der Waals surface area contributed by atoms with Gasteiger partial charge in [-0.2, -0.15) is 0 Å². The maximum Gasteiger partial charge on any atom is 0.220 e. The van der Waals surface area contributed by atoms with Gasteiger partial charge in [0.05, 0.1) is 18.8 Å². The zero-order valence-corrected chi connectivity index (χ0v) is 33.7. The Hall–Kier alpha value is -1.39. The molecule has 4 nitrogen and oxygen atoms in total. The number of carbonyl (C=O) groups excluding carboxylic acids is 1. The Morgan fingerprint density at radius 3 is 1.20 bits per heavy atom. The molecule has 0 rings (SSSR count). The van der Waals surface area contributed by atoms with Gasteiger partial charge in [0.25, 0.3) is 0 Å². The van der Waals surface area contributed by atoms with E-state index >= 15 is 0 Å². The lowest BCUT2D eigenvalue weighted by Gasteiger charge is -2.19. The van der Waals surface area contributed by atoms with Crippen molar-refractivity contribution in [2.45, 2.75) is 244 Å². The average molecular weight is 702 g/mol. The van der Waals surface area contributed by atoms with Gasteiger partial charge < -0.3 is 15.5 Å². The molecular formula is C46H87NO3. The first kappa shape index (κ1) is 48.6. The second-order valence-electron chi connectivity index (χ2n) is 15.1. The molecule has 0 radical (unpaired) electrons. The van der Waals surface area contributed by atoms with Crippen molar-refractivity contribution in [3.63, 3.8) is 0 Å². The van der Waals surface area contributed by atoms with Gasteiger partial charge in [0, 0.05) is 6.42 Å². The molecule has 2 atom stereocenters. The molecule has 0 aromatic rings. The topological polar surface area (TPSA) is 69.6 Å². The van der Waals surface area contributed by atoms with Crippen molar-refractivity contribution < 1.29 is 15.0 Å². The number of hydrogen-bond donors (Lipinski definition) is 3. The Labute approximate surface area is 312 Å². The number of hydrogen-bond acceptors (Lipinski definition) is 3. The van der Waals surface area contributed by atoms with E-state index in [-0.39, 0.29) is 12.5 Å². The molecule has 0 aliphatic carbocycles. The van der Waals surface area contributed by atoms with Gasteiger partial charge in [-0.3, -0.25) is 4.79 Å². The second kappa shape index (κ2) is 42.0. The average Bonchev–Trinajstić information content (AvgIpc) is 3.12. The van der Waals surface area contributed by atoms with Crippen molar-refractivity contribution in [3.8, 4) is 0 Å². The highest BCUT2D eigenvalue weighted by Crippen LogP contribution is 2.15. The van der Waals surface area contributed by atoms with E-state index in [0.29, 0.717) is 6.42 Å². The maximum absolute atomic E-state index is 12.3. The number of allylic oxidation sites excluding steroid dienone is 5. The number of nitrogens with one attached hydrogen (secondary N) is 1. The van der Waals surface area contributed by atoms with Crippen molar-refractivity contribution in [2.75, 3.05) is 6.61 Å². The fourth-order valence-corrected chi connectivity index (χ4v) is 6.66. The quantitative estimate of drug-likeness (QED) is 0.0440. The van der Waals surface area contributed by atoms with Crippen LogP contribution in [0, 0.1) is 0 Å². The normalized spacial score (nSPS) is 13.3. The molecule has 0 heterocycles. The lowest BCUT2D eigenvalue weighted by Crippen LogP contribution is -2.45. The van der Waals surface area contributed by atoms with Crippen LogP contribution in [0.5, 0.6) is 0 Å². The largest absolute Gasteiger partial charge is 0.394 e. The zero-order chi connectivity index (χ0) is 36.4. The highest BCUT2D eigenvalue weighted by atomic mass is 16.3. The summed E-state index contributed by atoms with van der Waals surface area (Å²) in [6.07, 6.45) is 55.5. The van der Waals surface area contributed by atoms with Crippen LogP contribution in [0.3, 0.4) is 0 Å². The predicted octanol–water partition coefficient (Wildman–Crippen LogP) is 13.8. The Kier molecular flexibility index (Phi) is 40.9. The molecular weight excluding hydrogens is 615 g/mol. The first-order chi connectivity index (χ1) is 24.7. The molecule has 0 bridgehead atoms. The van der Waals surface area contributed by atoms with Gasteiger partial charge in [0.2, 0.25) is 5.91 Å². The molecule has 0 aliphatic heterocycles. The molecule has 50 heavy (non-hydrogen) atoms. The van der Waals surface area contributed by atoms with Crippen LogP contribution >= 0.6 is 0 Å². The second-order valence-corrected chi connectivity index (χ2v) is 15.1. The predicted molar refractivity (Wildman–Crippen MR) is 221 cm³/mol. The molecule has 0 saturated heterocycles. The van der Waals surface area contributed by atoms with Gasteiger partial charge in [-0.25, -0.2) is 0 Å². The first-order valence-electron chi connectivity index (χ1n) is 22.2. The molecule has 4 heteroatoms. The van der Waals surface area contributed by atoms with Gasteiger partial charge in [0.15, 0.2) is 0 Å². The van der Waals surface area contributed by atoms with E-state index in [1.165, 1.54) is 167 Å². The molecule has 0 spiro atoms. The summed E-state index contributed by atoms with van der Waals surface area (Å²) in [6, 6.07) is -0.641. The molecule has 0 saturated carbocycles. The van der Waals surface area contributed by atoms with E-state index in [4.69, 9.17) is 0 Å². The molecule has 0 aromatic carbocycles. The Balaban J connectivity index is 3.55. The van der Waals surface area contributed by atoms with E-state index in [1.54, 1.807) is 6.08 Å². The van der Waals surface area contributed by atoms with Gasteiger partial charge in [-0.15, -0.1) is 0 Å². The van der Waals surface area contributed by atoms with Crippen LogP contribution in [0.25, 0.3) is 0 Å². The Morgan fingerprint density at radius 2 is 0.780 bits per heavy atom. The van der Waals surface area contributed by atoms with Crippen molar-refractivity contribution >= 4 is 5.91 Å². The summed E-state index contributed by atoms with van der Waals surface area (Å²) >= 11 is 0. The molecule has 0 aromatic heterocycles. The Morgan fingerprint density at radius 1 is 0.460 bits per heavy atom. The van der Waals surface area contributed by atoms with Crippen LogP contribution in [0.15, 0.2) is 36.5 Å². The fraction of sp³-hybridized carbons (Fsp3) is 0.848. The van der Waals surface area contributed by atoms with E-state index < -0.39 is 12.1 Å². The number of aliphatic hydroxyl groups is 2. The third-order valence-corrected chi connectivity index (χ3v) is 10.1. The summed E-state index contributed by atoms with van der Waals surface area (Å²) in [5, 5.41) is 22.9. The van der Waals surface area contributed by atoms with Crippen LogP contribution in [-0.4, -0.2) is 34.9 Å². The van der Waals surface area contributed by atoms with Crippen LogP contribution < -0.4 is 5.32 Å². The van der Waals surface area contributed by atoms with Crippen LogP contribution in [-0.2, 0) is 4.79 Å². The molecule has 1 amide bonds. The highest BCUT2D eigenvalue weighted by Gasteiger charge is 2.17.